The number of hydrogen-bond donors (Lipinski definition) is 1. The van der Waals surface area contributed by atoms with Gasteiger partial charge in [-0.2, -0.15) is 0 Å². The minimum absolute atomic E-state index is 0.107. The van der Waals surface area contributed by atoms with Crippen molar-refractivity contribution >= 4 is 17.2 Å². The number of amides is 1. The van der Waals surface area contributed by atoms with Crippen molar-refractivity contribution in [1.29, 1.82) is 0 Å². The third-order valence-corrected chi connectivity index (χ3v) is 5.56. The molecule has 2 heterocycles. The Balaban J connectivity index is 1.50. The summed E-state index contributed by atoms with van der Waals surface area (Å²) in [6.45, 7) is 9.35. The van der Waals surface area contributed by atoms with E-state index in [0.717, 1.165) is 62.0 Å². The first-order chi connectivity index (χ1) is 13.7. The van der Waals surface area contributed by atoms with Crippen LogP contribution < -0.4 is 10.1 Å². The zero-order valence-corrected chi connectivity index (χ0v) is 17.5. The Hall–Kier alpha value is -1.96. The molecule has 0 spiro atoms. The zero-order chi connectivity index (χ0) is 19.8. The van der Waals surface area contributed by atoms with Crippen molar-refractivity contribution in [2.45, 2.75) is 32.7 Å². The Kier molecular flexibility index (Phi) is 7.82. The van der Waals surface area contributed by atoms with Crippen LogP contribution in [-0.2, 0) is 4.74 Å². The smallest absolute Gasteiger partial charge is 0.270 e. The van der Waals surface area contributed by atoms with Crippen LogP contribution in [0.4, 0.5) is 0 Å². The molecule has 1 fully saturated rings. The van der Waals surface area contributed by atoms with Gasteiger partial charge in [0, 0.05) is 36.6 Å². The summed E-state index contributed by atoms with van der Waals surface area (Å²) in [5.41, 5.74) is 1.47. The minimum Gasteiger partial charge on any atom is -0.494 e. The molecule has 1 atom stereocenters. The van der Waals surface area contributed by atoms with Gasteiger partial charge in [0.15, 0.2) is 0 Å². The van der Waals surface area contributed by atoms with Crippen molar-refractivity contribution in [2.24, 2.45) is 0 Å². The summed E-state index contributed by atoms with van der Waals surface area (Å²) in [7, 11) is 0. The van der Waals surface area contributed by atoms with Gasteiger partial charge in [-0.05, 0) is 44.0 Å². The maximum absolute atomic E-state index is 12.5. The van der Waals surface area contributed by atoms with Crippen LogP contribution in [-0.4, -0.2) is 61.3 Å². The topological polar surface area (TPSA) is 63.7 Å². The molecule has 1 aromatic carbocycles. The number of hydrogen-bond acceptors (Lipinski definition) is 6. The zero-order valence-electron chi connectivity index (χ0n) is 16.6. The van der Waals surface area contributed by atoms with E-state index in [-0.39, 0.29) is 11.9 Å². The Morgan fingerprint density at radius 1 is 1.32 bits per heavy atom. The molecule has 1 aromatic heterocycles. The maximum atomic E-state index is 12.5. The molecule has 1 saturated heterocycles. The van der Waals surface area contributed by atoms with E-state index in [4.69, 9.17) is 9.47 Å². The lowest BCUT2D eigenvalue weighted by atomic mass is 10.2. The number of thiazole rings is 1. The molecule has 7 heteroatoms. The van der Waals surface area contributed by atoms with Crippen LogP contribution in [0.25, 0.3) is 10.6 Å². The van der Waals surface area contributed by atoms with Gasteiger partial charge >= 0.3 is 0 Å². The highest BCUT2D eigenvalue weighted by molar-refractivity contribution is 7.13. The standard InChI is InChI=1S/C21H29N3O3S/c1-3-12-27-18-6-4-17(5-7-18)21-23-19(15-28-21)20(25)22-16(2)8-9-24-10-13-26-14-11-24/h4-7,15-16H,3,8-14H2,1-2H3,(H,22,25). The Morgan fingerprint density at radius 3 is 2.79 bits per heavy atom. The number of rotatable bonds is 9. The first-order valence-electron chi connectivity index (χ1n) is 9.95. The molecular formula is C21H29N3O3S. The molecule has 6 nitrogen and oxygen atoms in total. The van der Waals surface area contributed by atoms with Gasteiger partial charge in [0.1, 0.15) is 16.5 Å². The third kappa shape index (κ3) is 6.02. The molecular weight excluding hydrogens is 374 g/mol. The lowest BCUT2D eigenvalue weighted by Crippen LogP contribution is -2.40. The van der Waals surface area contributed by atoms with Crippen molar-refractivity contribution in [3.8, 4) is 16.3 Å². The van der Waals surface area contributed by atoms with Gasteiger partial charge in [-0.1, -0.05) is 6.92 Å². The molecule has 28 heavy (non-hydrogen) atoms. The molecule has 0 aliphatic carbocycles. The molecule has 0 saturated carbocycles. The summed E-state index contributed by atoms with van der Waals surface area (Å²) in [6.07, 6.45) is 1.90. The second-order valence-corrected chi connectivity index (χ2v) is 7.89. The van der Waals surface area contributed by atoms with E-state index in [1.807, 2.05) is 36.6 Å². The van der Waals surface area contributed by atoms with Crippen LogP contribution in [0.2, 0.25) is 0 Å². The number of nitrogens with one attached hydrogen (secondary N) is 1. The molecule has 1 amide bonds. The van der Waals surface area contributed by atoms with E-state index in [0.29, 0.717) is 12.3 Å². The lowest BCUT2D eigenvalue weighted by Gasteiger charge is -2.27. The number of morpholine rings is 1. The van der Waals surface area contributed by atoms with Gasteiger partial charge in [0.05, 0.1) is 19.8 Å². The summed E-state index contributed by atoms with van der Waals surface area (Å²) < 4.78 is 11.0. The fourth-order valence-electron chi connectivity index (χ4n) is 3.00. The number of aromatic nitrogens is 1. The van der Waals surface area contributed by atoms with Crippen LogP contribution in [0.1, 0.15) is 37.2 Å². The highest BCUT2D eigenvalue weighted by atomic mass is 32.1. The molecule has 1 N–H and O–H groups in total. The van der Waals surface area contributed by atoms with E-state index < -0.39 is 0 Å². The van der Waals surface area contributed by atoms with Gasteiger partial charge in [0.25, 0.3) is 5.91 Å². The van der Waals surface area contributed by atoms with Gasteiger partial charge in [-0.25, -0.2) is 4.98 Å². The number of nitrogens with zero attached hydrogens (tertiary/aromatic N) is 2. The second kappa shape index (κ2) is 10.5. The van der Waals surface area contributed by atoms with E-state index >= 15 is 0 Å². The summed E-state index contributed by atoms with van der Waals surface area (Å²) in [4.78, 5) is 19.4. The monoisotopic (exact) mass is 403 g/mol. The van der Waals surface area contributed by atoms with Gasteiger partial charge in [0.2, 0.25) is 0 Å². The molecule has 1 unspecified atom stereocenters. The fourth-order valence-corrected chi connectivity index (χ4v) is 3.80. The lowest BCUT2D eigenvalue weighted by molar-refractivity contribution is 0.0363. The first kappa shape index (κ1) is 20.8. The number of carbonyl (C=O) groups excluding carboxylic acids is 1. The van der Waals surface area contributed by atoms with Crippen LogP contribution in [0.5, 0.6) is 5.75 Å². The van der Waals surface area contributed by atoms with E-state index in [2.05, 4.69) is 22.1 Å². The quantitative estimate of drug-likeness (QED) is 0.695. The Morgan fingerprint density at radius 2 is 2.07 bits per heavy atom. The van der Waals surface area contributed by atoms with Crippen LogP contribution >= 0.6 is 11.3 Å². The van der Waals surface area contributed by atoms with E-state index in [1.54, 1.807) is 0 Å². The van der Waals surface area contributed by atoms with Crippen molar-refractivity contribution in [1.82, 2.24) is 15.2 Å². The number of ether oxygens (including phenoxy) is 2. The van der Waals surface area contributed by atoms with Crippen LogP contribution in [0.3, 0.4) is 0 Å². The maximum Gasteiger partial charge on any atom is 0.270 e. The van der Waals surface area contributed by atoms with E-state index in [9.17, 15) is 4.79 Å². The highest BCUT2D eigenvalue weighted by Crippen LogP contribution is 2.26. The van der Waals surface area contributed by atoms with E-state index in [1.165, 1.54) is 11.3 Å². The summed E-state index contributed by atoms with van der Waals surface area (Å²) >= 11 is 1.48. The van der Waals surface area contributed by atoms with Crippen molar-refractivity contribution in [2.75, 3.05) is 39.5 Å². The largest absolute Gasteiger partial charge is 0.494 e. The minimum atomic E-state index is -0.111. The van der Waals surface area contributed by atoms with Crippen LogP contribution in [0.15, 0.2) is 29.6 Å². The van der Waals surface area contributed by atoms with Crippen molar-refractivity contribution in [3.63, 3.8) is 0 Å². The molecule has 0 radical (unpaired) electrons. The number of carbonyl (C=O) groups is 1. The normalized spacial score (nSPS) is 15.9. The summed E-state index contributed by atoms with van der Waals surface area (Å²) in [6, 6.07) is 7.96. The van der Waals surface area contributed by atoms with Crippen molar-refractivity contribution < 1.29 is 14.3 Å². The average Bonchev–Trinajstić information content (AvgIpc) is 3.22. The van der Waals surface area contributed by atoms with Crippen LogP contribution in [0, 0.1) is 0 Å². The molecule has 1 aliphatic heterocycles. The second-order valence-electron chi connectivity index (χ2n) is 7.03. The Labute approximate surface area is 170 Å². The van der Waals surface area contributed by atoms with Gasteiger partial charge < -0.3 is 14.8 Å². The molecule has 152 valence electrons. The first-order valence-corrected chi connectivity index (χ1v) is 10.8. The molecule has 2 aromatic rings. The Bertz CT molecular complexity index is 742. The summed E-state index contributed by atoms with van der Waals surface area (Å²) in [5, 5.41) is 5.72. The number of benzene rings is 1. The third-order valence-electron chi connectivity index (χ3n) is 4.67. The predicted molar refractivity (Wildman–Crippen MR) is 112 cm³/mol. The fraction of sp³-hybridized carbons (Fsp3) is 0.524. The highest BCUT2D eigenvalue weighted by Gasteiger charge is 2.16. The van der Waals surface area contributed by atoms with Gasteiger partial charge in [-0.15, -0.1) is 11.3 Å². The molecule has 3 rings (SSSR count). The molecule has 0 bridgehead atoms. The summed E-state index contributed by atoms with van der Waals surface area (Å²) in [5.74, 6) is 0.745. The van der Waals surface area contributed by atoms with Crippen molar-refractivity contribution in [3.05, 3.63) is 35.3 Å². The predicted octanol–water partition coefficient (Wildman–Crippen LogP) is 3.44. The molecule has 1 aliphatic rings. The van der Waals surface area contributed by atoms with Gasteiger partial charge in [-0.3, -0.25) is 9.69 Å². The average molecular weight is 404 g/mol. The SMILES string of the molecule is CCCOc1ccc(-c2nc(C(=O)NC(C)CCN3CCOCC3)cs2)cc1.